The Hall–Kier alpha value is -1.67. The summed E-state index contributed by atoms with van der Waals surface area (Å²) in [5, 5.41) is 2.88. The smallest absolute Gasteiger partial charge is 0.238 e. The molecular weight excluding hydrogens is 381 g/mol. The summed E-state index contributed by atoms with van der Waals surface area (Å²) in [7, 11) is -3.46. The fraction of sp³-hybridized carbons (Fsp3) is 0.650. The summed E-state index contributed by atoms with van der Waals surface area (Å²) in [6.07, 6.45) is 8.04. The largest absolute Gasteiger partial charge is 0.369 e. The third kappa shape index (κ3) is 5.91. The number of hydrogen-bond donors (Lipinski definition) is 2. The van der Waals surface area contributed by atoms with Gasteiger partial charge >= 0.3 is 0 Å². The number of amides is 1. The predicted octanol–water partition coefficient (Wildman–Crippen LogP) is 2.19. The zero-order valence-electron chi connectivity index (χ0n) is 16.4. The van der Waals surface area contributed by atoms with E-state index in [1.165, 1.54) is 12.5 Å². The van der Waals surface area contributed by atoms with Gasteiger partial charge in [0.2, 0.25) is 15.9 Å². The van der Waals surface area contributed by atoms with Gasteiger partial charge in [-0.1, -0.05) is 32.1 Å². The number of carbonyl (C=O) groups excluding carboxylic acids is 1. The molecule has 2 aliphatic rings. The Morgan fingerprint density at radius 2 is 2.04 bits per heavy atom. The Balaban J connectivity index is 1.53. The van der Waals surface area contributed by atoms with Gasteiger partial charge in [0.25, 0.3) is 0 Å². The Morgan fingerprint density at radius 1 is 1.29 bits per heavy atom. The summed E-state index contributed by atoms with van der Waals surface area (Å²) in [5.74, 6) is -0.111. The Kier molecular flexibility index (Phi) is 6.93. The molecular formula is C20H30FN3O3S. The number of nitrogens with one attached hydrogen (secondary N) is 2. The lowest BCUT2D eigenvalue weighted by Gasteiger charge is -2.26. The van der Waals surface area contributed by atoms with Gasteiger partial charge in [0.15, 0.2) is 0 Å². The highest BCUT2D eigenvalue weighted by atomic mass is 32.2. The molecule has 1 aromatic carbocycles. The number of benzene rings is 1. The van der Waals surface area contributed by atoms with Crippen LogP contribution in [0.25, 0.3) is 0 Å². The Labute approximate surface area is 166 Å². The molecule has 1 atom stereocenters. The molecule has 1 heterocycles. The van der Waals surface area contributed by atoms with Crippen molar-refractivity contribution in [1.29, 1.82) is 0 Å². The van der Waals surface area contributed by atoms with Crippen LogP contribution in [0.2, 0.25) is 0 Å². The lowest BCUT2D eigenvalue weighted by atomic mass is 9.85. The van der Waals surface area contributed by atoms with E-state index in [0.717, 1.165) is 56.2 Å². The van der Waals surface area contributed by atoms with Crippen molar-refractivity contribution in [3.63, 3.8) is 0 Å². The third-order valence-electron chi connectivity index (χ3n) is 5.68. The average molecular weight is 412 g/mol. The fourth-order valence-electron chi connectivity index (χ4n) is 4.33. The molecule has 8 heteroatoms. The molecule has 1 fully saturated rings. The van der Waals surface area contributed by atoms with Crippen LogP contribution in [-0.2, 0) is 21.2 Å². The normalized spacial score (nSPS) is 18.7. The van der Waals surface area contributed by atoms with Crippen molar-refractivity contribution in [2.75, 3.05) is 30.8 Å². The van der Waals surface area contributed by atoms with E-state index in [1.807, 2.05) is 0 Å². The average Bonchev–Trinajstić information content (AvgIpc) is 3.03. The van der Waals surface area contributed by atoms with E-state index in [-0.39, 0.29) is 11.7 Å². The van der Waals surface area contributed by atoms with Crippen LogP contribution in [0.15, 0.2) is 18.2 Å². The summed E-state index contributed by atoms with van der Waals surface area (Å²) in [4.78, 5) is 14.8. The van der Waals surface area contributed by atoms with Crippen molar-refractivity contribution in [3.05, 3.63) is 29.6 Å². The highest BCUT2D eigenvalue weighted by molar-refractivity contribution is 7.88. The van der Waals surface area contributed by atoms with E-state index < -0.39 is 16.1 Å². The second-order valence-electron chi connectivity index (χ2n) is 7.98. The summed E-state index contributed by atoms with van der Waals surface area (Å²) >= 11 is 0. The van der Waals surface area contributed by atoms with Gasteiger partial charge in [0.1, 0.15) is 11.9 Å². The van der Waals surface area contributed by atoms with Crippen molar-refractivity contribution in [1.82, 2.24) is 10.0 Å². The zero-order chi connectivity index (χ0) is 20.1. The van der Waals surface area contributed by atoms with E-state index in [2.05, 4.69) is 14.9 Å². The maximum Gasteiger partial charge on any atom is 0.238 e. The van der Waals surface area contributed by atoms with Crippen LogP contribution in [0.4, 0.5) is 10.1 Å². The number of hydrogen-bond acceptors (Lipinski definition) is 4. The molecule has 1 saturated carbocycles. The number of carbonyl (C=O) groups is 1. The molecule has 1 aliphatic carbocycles. The molecule has 0 radical (unpaired) electrons. The molecule has 2 N–H and O–H groups in total. The molecule has 6 nitrogen and oxygen atoms in total. The van der Waals surface area contributed by atoms with Gasteiger partial charge in [-0.05, 0) is 42.5 Å². The summed E-state index contributed by atoms with van der Waals surface area (Å²) in [6, 6.07) is 4.06. The third-order valence-corrected chi connectivity index (χ3v) is 6.39. The first-order chi connectivity index (χ1) is 13.3. The van der Waals surface area contributed by atoms with E-state index in [4.69, 9.17) is 0 Å². The second-order valence-corrected chi connectivity index (χ2v) is 9.76. The highest BCUT2D eigenvalue weighted by Gasteiger charge is 2.27. The summed E-state index contributed by atoms with van der Waals surface area (Å²) < 4.78 is 39.3. The number of nitrogens with zero attached hydrogens (tertiary/aromatic N) is 1. The number of halogens is 1. The molecule has 0 aromatic heterocycles. The number of anilines is 1. The van der Waals surface area contributed by atoms with Gasteiger partial charge in [-0.2, -0.15) is 0 Å². The molecule has 0 unspecified atom stereocenters. The lowest BCUT2D eigenvalue weighted by molar-refractivity contribution is -0.123. The van der Waals surface area contributed by atoms with Crippen LogP contribution in [0, 0.1) is 11.7 Å². The molecule has 1 aromatic rings. The number of fused-ring (bicyclic) bond motifs is 1. The standard InChI is InChI=1S/C20H30FN3O3S/c1-28(26,27)23-18(13-15-5-3-2-4-6-15)20(25)22-10-12-24-11-9-16-14-17(21)7-8-19(16)24/h7-8,14-15,18,23H,2-6,9-13H2,1H3,(H,22,25)/t18-/m0/s1. The van der Waals surface area contributed by atoms with E-state index >= 15 is 0 Å². The summed E-state index contributed by atoms with van der Waals surface area (Å²) in [6.45, 7) is 1.82. The van der Waals surface area contributed by atoms with Gasteiger partial charge in [-0.3, -0.25) is 4.79 Å². The SMILES string of the molecule is CS(=O)(=O)N[C@@H](CC1CCCCC1)C(=O)NCCN1CCc2cc(F)ccc21. The molecule has 1 amide bonds. The van der Waals surface area contributed by atoms with Crippen LogP contribution < -0.4 is 14.9 Å². The minimum atomic E-state index is -3.46. The van der Waals surface area contributed by atoms with Gasteiger partial charge in [-0.15, -0.1) is 0 Å². The van der Waals surface area contributed by atoms with E-state index in [9.17, 15) is 17.6 Å². The molecule has 0 spiro atoms. The van der Waals surface area contributed by atoms with Gasteiger partial charge < -0.3 is 10.2 Å². The fourth-order valence-corrected chi connectivity index (χ4v) is 5.05. The first kappa shape index (κ1) is 21.0. The highest BCUT2D eigenvalue weighted by Crippen LogP contribution is 2.28. The second kappa shape index (κ2) is 9.22. The van der Waals surface area contributed by atoms with Crippen molar-refractivity contribution in [2.24, 2.45) is 5.92 Å². The monoisotopic (exact) mass is 411 g/mol. The molecule has 1 aliphatic heterocycles. The molecule has 0 bridgehead atoms. The number of sulfonamides is 1. The predicted molar refractivity (Wildman–Crippen MR) is 108 cm³/mol. The van der Waals surface area contributed by atoms with Crippen molar-refractivity contribution in [2.45, 2.75) is 51.0 Å². The topological polar surface area (TPSA) is 78.5 Å². The molecule has 3 rings (SSSR count). The van der Waals surface area contributed by atoms with Gasteiger partial charge in [0, 0.05) is 25.3 Å². The van der Waals surface area contributed by atoms with Crippen LogP contribution >= 0.6 is 0 Å². The van der Waals surface area contributed by atoms with Gasteiger partial charge in [0.05, 0.1) is 6.26 Å². The molecule has 0 saturated heterocycles. The maximum atomic E-state index is 13.3. The number of rotatable bonds is 8. The maximum absolute atomic E-state index is 13.3. The van der Waals surface area contributed by atoms with Crippen LogP contribution in [0.3, 0.4) is 0 Å². The van der Waals surface area contributed by atoms with Crippen molar-refractivity contribution < 1.29 is 17.6 Å². The lowest BCUT2D eigenvalue weighted by Crippen LogP contribution is -2.48. The first-order valence-electron chi connectivity index (χ1n) is 10.1. The van der Waals surface area contributed by atoms with Crippen molar-refractivity contribution in [3.8, 4) is 0 Å². The van der Waals surface area contributed by atoms with Gasteiger partial charge in [-0.25, -0.2) is 17.5 Å². The van der Waals surface area contributed by atoms with Crippen LogP contribution in [-0.4, -0.2) is 46.3 Å². The van der Waals surface area contributed by atoms with Crippen LogP contribution in [0.1, 0.15) is 44.1 Å². The molecule has 156 valence electrons. The summed E-state index contributed by atoms with van der Waals surface area (Å²) in [5.41, 5.74) is 1.99. The zero-order valence-corrected chi connectivity index (χ0v) is 17.2. The van der Waals surface area contributed by atoms with Crippen molar-refractivity contribution >= 4 is 21.6 Å². The quantitative estimate of drug-likeness (QED) is 0.687. The van der Waals surface area contributed by atoms with Crippen LogP contribution in [0.5, 0.6) is 0 Å². The Morgan fingerprint density at radius 3 is 2.75 bits per heavy atom. The molecule has 28 heavy (non-hydrogen) atoms. The minimum absolute atomic E-state index is 0.230. The van der Waals surface area contributed by atoms with E-state index in [0.29, 0.717) is 25.4 Å². The first-order valence-corrected chi connectivity index (χ1v) is 12.0. The Bertz CT molecular complexity index is 794. The minimum Gasteiger partial charge on any atom is -0.369 e. The van der Waals surface area contributed by atoms with E-state index in [1.54, 1.807) is 12.1 Å².